The topological polar surface area (TPSA) is 102 Å². The summed E-state index contributed by atoms with van der Waals surface area (Å²) in [4.78, 5) is 38.7. The maximum Gasteiger partial charge on any atom is 0.332 e. The van der Waals surface area contributed by atoms with E-state index in [9.17, 15) is 14.4 Å². The molecule has 1 heterocycles. The zero-order valence-corrected chi connectivity index (χ0v) is 14.9. The fourth-order valence-corrected chi connectivity index (χ4v) is 2.54. The van der Waals surface area contributed by atoms with Gasteiger partial charge in [0.05, 0.1) is 0 Å². The van der Waals surface area contributed by atoms with Gasteiger partial charge in [-0.05, 0) is 24.1 Å². The molecule has 0 spiro atoms. The molecule has 0 bridgehead atoms. The van der Waals surface area contributed by atoms with E-state index >= 15 is 0 Å². The van der Waals surface area contributed by atoms with Crippen molar-refractivity contribution in [2.45, 2.75) is 19.9 Å². The van der Waals surface area contributed by atoms with Gasteiger partial charge in [-0.1, -0.05) is 19.1 Å². The normalized spacial score (nSPS) is 10.6. The van der Waals surface area contributed by atoms with Gasteiger partial charge < -0.3 is 16.0 Å². The summed E-state index contributed by atoms with van der Waals surface area (Å²) in [6, 6.07) is 7.41. The van der Waals surface area contributed by atoms with Gasteiger partial charge in [0, 0.05) is 26.8 Å². The number of aryl methyl sites for hydroxylation is 1. The number of nitrogens with zero attached hydrogens (tertiary/aromatic N) is 3. The van der Waals surface area contributed by atoms with E-state index in [-0.39, 0.29) is 18.1 Å². The highest BCUT2D eigenvalue weighted by molar-refractivity contribution is 5.90. The molecule has 0 aliphatic rings. The Hall–Kier alpha value is -3.03. The minimum atomic E-state index is -0.634. The van der Waals surface area contributed by atoms with Crippen molar-refractivity contribution in [2.24, 2.45) is 7.05 Å². The van der Waals surface area contributed by atoms with E-state index < -0.39 is 17.2 Å². The number of nitrogens with two attached hydrogens (primary N) is 1. The number of carbonyl (C=O) groups excluding carboxylic acids is 1. The van der Waals surface area contributed by atoms with Crippen molar-refractivity contribution in [1.82, 2.24) is 9.13 Å². The monoisotopic (exact) mass is 345 g/mol. The predicted octanol–water partition coefficient (Wildman–Crippen LogP) is 0.396. The van der Waals surface area contributed by atoms with Crippen LogP contribution in [-0.4, -0.2) is 29.1 Å². The summed E-state index contributed by atoms with van der Waals surface area (Å²) in [6.07, 6.45) is 0.841. The van der Waals surface area contributed by atoms with Gasteiger partial charge in [0.15, 0.2) is 0 Å². The molecule has 25 heavy (non-hydrogen) atoms. The van der Waals surface area contributed by atoms with Crippen LogP contribution in [0.3, 0.4) is 0 Å². The molecule has 0 saturated carbocycles. The van der Waals surface area contributed by atoms with Crippen molar-refractivity contribution in [3.63, 3.8) is 0 Å². The lowest BCUT2D eigenvalue weighted by Crippen LogP contribution is -2.44. The summed E-state index contributed by atoms with van der Waals surface area (Å²) in [7, 11) is 4.76. The fourth-order valence-electron chi connectivity index (χ4n) is 2.54. The summed E-state index contributed by atoms with van der Waals surface area (Å²) in [6.45, 7) is 1.63. The summed E-state index contributed by atoms with van der Waals surface area (Å²) in [5.74, 6) is -0.394. The quantitative estimate of drug-likeness (QED) is 0.816. The van der Waals surface area contributed by atoms with Gasteiger partial charge in [0.25, 0.3) is 5.56 Å². The molecule has 0 aliphatic heterocycles. The summed E-state index contributed by atoms with van der Waals surface area (Å²) in [5, 5.41) is 2.71. The van der Waals surface area contributed by atoms with Crippen LogP contribution in [0.25, 0.3) is 0 Å². The molecule has 0 saturated heterocycles. The van der Waals surface area contributed by atoms with Crippen molar-refractivity contribution < 1.29 is 4.79 Å². The highest BCUT2D eigenvalue weighted by atomic mass is 16.2. The molecular weight excluding hydrogens is 322 g/mol. The third-order valence-electron chi connectivity index (χ3n) is 3.94. The first-order valence-corrected chi connectivity index (χ1v) is 7.91. The molecule has 8 nitrogen and oxygen atoms in total. The molecule has 0 atom stereocenters. The fraction of sp³-hybridized carbons (Fsp3) is 0.353. The molecule has 0 unspecified atom stereocenters. The number of aromatic nitrogens is 2. The zero-order valence-electron chi connectivity index (χ0n) is 14.9. The lowest BCUT2D eigenvalue weighted by Gasteiger charge is -2.18. The molecule has 134 valence electrons. The van der Waals surface area contributed by atoms with Gasteiger partial charge in [-0.25, -0.2) is 9.36 Å². The van der Waals surface area contributed by atoms with E-state index in [4.69, 9.17) is 5.73 Å². The van der Waals surface area contributed by atoms with E-state index in [1.807, 2.05) is 25.1 Å². The van der Waals surface area contributed by atoms with Crippen LogP contribution >= 0.6 is 0 Å². The standard InChI is InChI=1S/C17H23N5O3/c1-5-11-7-6-8-12(9-11)19-13(23)10-22-16(24)14(20(2)3)15(18)21(4)17(22)25/h6-9H,5,10,18H2,1-4H3,(H,19,23). The Labute approximate surface area is 145 Å². The minimum Gasteiger partial charge on any atom is -0.383 e. The van der Waals surface area contributed by atoms with Gasteiger partial charge in [0.1, 0.15) is 18.1 Å². The van der Waals surface area contributed by atoms with E-state index in [2.05, 4.69) is 5.32 Å². The number of amides is 1. The second kappa shape index (κ2) is 7.25. The predicted molar refractivity (Wildman–Crippen MR) is 99.1 cm³/mol. The number of nitrogen functional groups attached to an aromatic ring is 1. The molecule has 3 N–H and O–H groups in total. The van der Waals surface area contributed by atoms with E-state index in [0.29, 0.717) is 5.69 Å². The van der Waals surface area contributed by atoms with Gasteiger partial charge in [-0.2, -0.15) is 0 Å². The Morgan fingerprint density at radius 1 is 1.28 bits per heavy atom. The number of carbonyl (C=O) groups is 1. The van der Waals surface area contributed by atoms with Crippen molar-refractivity contribution in [2.75, 3.05) is 30.0 Å². The Morgan fingerprint density at radius 3 is 2.56 bits per heavy atom. The number of benzene rings is 1. The number of hydrogen-bond acceptors (Lipinski definition) is 5. The van der Waals surface area contributed by atoms with Crippen molar-refractivity contribution in [3.8, 4) is 0 Å². The molecule has 2 rings (SSSR count). The van der Waals surface area contributed by atoms with Gasteiger partial charge in [0.2, 0.25) is 5.91 Å². The highest BCUT2D eigenvalue weighted by Crippen LogP contribution is 2.13. The molecule has 2 aromatic rings. The molecule has 0 radical (unpaired) electrons. The first kappa shape index (κ1) is 18.3. The lowest BCUT2D eigenvalue weighted by molar-refractivity contribution is -0.116. The Morgan fingerprint density at radius 2 is 1.96 bits per heavy atom. The minimum absolute atomic E-state index is 0.0623. The Bertz CT molecular complexity index is 911. The maximum absolute atomic E-state index is 12.5. The SMILES string of the molecule is CCc1cccc(NC(=O)Cn2c(=O)c(N(C)C)c(N)n(C)c2=O)c1. The van der Waals surface area contributed by atoms with Crippen molar-refractivity contribution in [3.05, 3.63) is 50.7 Å². The van der Waals surface area contributed by atoms with Gasteiger partial charge in [-0.15, -0.1) is 0 Å². The van der Waals surface area contributed by atoms with Crippen LogP contribution in [0.4, 0.5) is 17.2 Å². The Kier molecular flexibility index (Phi) is 5.31. The van der Waals surface area contributed by atoms with Crippen molar-refractivity contribution >= 4 is 23.1 Å². The van der Waals surface area contributed by atoms with Crippen molar-refractivity contribution in [1.29, 1.82) is 0 Å². The van der Waals surface area contributed by atoms with Crippen LogP contribution in [0.1, 0.15) is 12.5 Å². The van der Waals surface area contributed by atoms with Crippen LogP contribution in [0.15, 0.2) is 33.9 Å². The molecule has 1 amide bonds. The van der Waals surface area contributed by atoms with E-state index in [1.165, 1.54) is 11.9 Å². The van der Waals surface area contributed by atoms with E-state index in [0.717, 1.165) is 21.1 Å². The Balaban J connectivity index is 2.35. The van der Waals surface area contributed by atoms with Gasteiger partial charge >= 0.3 is 5.69 Å². The second-order valence-corrected chi connectivity index (χ2v) is 5.96. The maximum atomic E-state index is 12.5. The van der Waals surface area contributed by atoms with Crippen LogP contribution in [-0.2, 0) is 24.8 Å². The smallest absolute Gasteiger partial charge is 0.332 e. The molecule has 8 heteroatoms. The molecule has 1 aromatic carbocycles. The average Bonchev–Trinajstić information content (AvgIpc) is 2.57. The number of rotatable bonds is 5. The van der Waals surface area contributed by atoms with Crippen LogP contribution in [0.5, 0.6) is 0 Å². The number of nitrogens with one attached hydrogen (secondary N) is 1. The third-order valence-corrected chi connectivity index (χ3v) is 3.94. The first-order valence-electron chi connectivity index (χ1n) is 7.91. The summed E-state index contributed by atoms with van der Waals surface area (Å²) >= 11 is 0. The zero-order chi connectivity index (χ0) is 18.7. The van der Waals surface area contributed by atoms with Crippen LogP contribution in [0.2, 0.25) is 0 Å². The largest absolute Gasteiger partial charge is 0.383 e. The summed E-state index contributed by atoms with van der Waals surface area (Å²) < 4.78 is 2.03. The first-order chi connectivity index (χ1) is 11.8. The molecule has 0 aliphatic carbocycles. The lowest BCUT2D eigenvalue weighted by atomic mass is 10.1. The number of anilines is 3. The summed E-state index contributed by atoms with van der Waals surface area (Å²) in [5.41, 5.74) is 6.49. The van der Waals surface area contributed by atoms with E-state index in [1.54, 1.807) is 20.2 Å². The highest BCUT2D eigenvalue weighted by Gasteiger charge is 2.18. The average molecular weight is 345 g/mol. The number of hydrogen-bond donors (Lipinski definition) is 2. The molecule has 0 fully saturated rings. The second-order valence-electron chi connectivity index (χ2n) is 5.96. The third kappa shape index (κ3) is 3.73. The van der Waals surface area contributed by atoms with Gasteiger partial charge in [-0.3, -0.25) is 14.2 Å². The van der Waals surface area contributed by atoms with Crippen LogP contribution < -0.4 is 27.2 Å². The molecular formula is C17H23N5O3. The molecule has 1 aromatic heterocycles. The van der Waals surface area contributed by atoms with Crippen LogP contribution in [0, 0.1) is 0 Å².